The first kappa shape index (κ1) is 14.3. The van der Waals surface area contributed by atoms with E-state index in [0.717, 1.165) is 35.3 Å². The van der Waals surface area contributed by atoms with Gasteiger partial charge in [0.2, 0.25) is 0 Å². The average molecular weight is 308 g/mol. The van der Waals surface area contributed by atoms with Crippen LogP contribution in [-0.2, 0) is 6.42 Å². The Morgan fingerprint density at radius 3 is 2.57 bits per heavy atom. The molecule has 0 radical (unpaired) electrons. The molecular formula is C20H20O3. The molecule has 0 atom stereocenters. The normalized spacial score (nSPS) is 17.0. The third-order valence-electron chi connectivity index (χ3n) is 5.12. The smallest absolute Gasteiger partial charge is 0.336 e. The van der Waals surface area contributed by atoms with Crippen molar-refractivity contribution in [3.8, 4) is 11.5 Å². The number of aromatic carboxylic acids is 1. The number of para-hydroxylation sites is 1. The number of hydrogen-bond acceptors (Lipinski definition) is 2. The highest BCUT2D eigenvalue weighted by atomic mass is 16.5. The SMILES string of the molecule is O=C(O)c1c(C2CCCCC2)ccc2c1Cc1ccccc1O2. The summed E-state index contributed by atoms with van der Waals surface area (Å²) in [5, 5.41) is 9.84. The van der Waals surface area contributed by atoms with Gasteiger partial charge in [0, 0.05) is 12.0 Å². The minimum absolute atomic E-state index is 0.373. The zero-order chi connectivity index (χ0) is 15.8. The van der Waals surface area contributed by atoms with E-state index in [1.54, 1.807) is 0 Å². The fourth-order valence-corrected chi connectivity index (χ4v) is 3.98. The summed E-state index contributed by atoms with van der Waals surface area (Å²) < 4.78 is 5.95. The summed E-state index contributed by atoms with van der Waals surface area (Å²) in [7, 11) is 0. The lowest BCUT2D eigenvalue weighted by Gasteiger charge is -2.27. The van der Waals surface area contributed by atoms with Gasteiger partial charge in [-0.05, 0) is 42.0 Å². The van der Waals surface area contributed by atoms with Crippen LogP contribution < -0.4 is 4.74 Å². The Kier molecular flexibility index (Phi) is 3.56. The molecule has 1 heterocycles. The van der Waals surface area contributed by atoms with Gasteiger partial charge >= 0.3 is 5.97 Å². The van der Waals surface area contributed by atoms with Crippen molar-refractivity contribution in [1.29, 1.82) is 0 Å². The molecule has 0 amide bonds. The fraction of sp³-hybridized carbons (Fsp3) is 0.350. The predicted molar refractivity (Wildman–Crippen MR) is 88.5 cm³/mol. The number of hydrogen-bond donors (Lipinski definition) is 1. The number of carboxylic acid groups (broad SMARTS) is 1. The highest BCUT2D eigenvalue weighted by Gasteiger charge is 2.28. The number of carbonyl (C=O) groups is 1. The number of ether oxygens (including phenoxy) is 1. The first-order valence-electron chi connectivity index (χ1n) is 8.39. The minimum atomic E-state index is -0.828. The summed E-state index contributed by atoms with van der Waals surface area (Å²) in [5.41, 5.74) is 3.37. The average Bonchev–Trinajstić information content (AvgIpc) is 2.59. The molecule has 0 spiro atoms. The molecule has 1 aliphatic carbocycles. The van der Waals surface area contributed by atoms with Gasteiger partial charge in [-0.1, -0.05) is 43.5 Å². The van der Waals surface area contributed by atoms with Crippen molar-refractivity contribution in [3.05, 3.63) is 58.7 Å². The van der Waals surface area contributed by atoms with Crippen molar-refractivity contribution in [3.63, 3.8) is 0 Å². The molecule has 1 saturated carbocycles. The van der Waals surface area contributed by atoms with Crippen LogP contribution in [-0.4, -0.2) is 11.1 Å². The Balaban J connectivity index is 1.81. The topological polar surface area (TPSA) is 46.5 Å². The summed E-state index contributed by atoms with van der Waals surface area (Å²) in [4.78, 5) is 12.0. The zero-order valence-electron chi connectivity index (χ0n) is 13.0. The molecule has 2 aliphatic rings. The molecule has 0 unspecified atom stereocenters. The molecule has 2 aromatic carbocycles. The van der Waals surface area contributed by atoms with Gasteiger partial charge in [0.05, 0.1) is 5.56 Å². The second-order valence-corrected chi connectivity index (χ2v) is 6.53. The van der Waals surface area contributed by atoms with Gasteiger partial charge in [0.15, 0.2) is 0 Å². The van der Waals surface area contributed by atoms with E-state index in [4.69, 9.17) is 4.74 Å². The third-order valence-corrected chi connectivity index (χ3v) is 5.12. The van der Waals surface area contributed by atoms with Crippen LogP contribution in [0.4, 0.5) is 0 Å². The van der Waals surface area contributed by atoms with E-state index >= 15 is 0 Å². The Bertz CT molecular complexity index is 757. The van der Waals surface area contributed by atoms with Crippen molar-refractivity contribution in [2.24, 2.45) is 0 Å². The van der Waals surface area contributed by atoms with Crippen LogP contribution in [0.2, 0.25) is 0 Å². The standard InChI is InChI=1S/C20H20O3/c21-20(22)19-15(13-6-2-1-3-7-13)10-11-18-16(19)12-14-8-4-5-9-17(14)23-18/h4-5,8-11,13H,1-3,6-7,12H2,(H,21,22). The Morgan fingerprint density at radius 1 is 1.00 bits per heavy atom. The van der Waals surface area contributed by atoms with Crippen LogP contribution in [0.15, 0.2) is 36.4 Å². The largest absolute Gasteiger partial charge is 0.478 e. The van der Waals surface area contributed by atoms with Crippen molar-refractivity contribution >= 4 is 5.97 Å². The van der Waals surface area contributed by atoms with E-state index in [1.165, 1.54) is 19.3 Å². The fourth-order valence-electron chi connectivity index (χ4n) is 3.98. The summed E-state index contributed by atoms with van der Waals surface area (Å²) in [6.07, 6.45) is 6.47. The predicted octanol–water partition coefficient (Wildman–Crippen LogP) is 5.13. The van der Waals surface area contributed by atoms with E-state index in [0.29, 0.717) is 23.7 Å². The highest BCUT2D eigenvalue weighted by Crippen LogP contribution is 2.42. The number of carboxylic acids is 1. The van der Waals surface area contributed by atoms with Gasteiger partial charge in [0.25, 0.3) is 0 Å². The molecule has 0 saturated heterocycles. The van der Waals surface area contributed by atoms with Gasteiger partial charge in [-0.25, -0.2) is 4.79 Å². The molecule has 3 heteroatoms. The van der Waals surface area contributed by atoms with E-state index in [9.17, 15) is 9.90 Å². The lowest BCUT2D eigenvalue weighted by Crippen LogP contribution is -2.16. The van der Waals surface area contributed by atoms with Gasteiger partial charge in [-0.2, -0.15) is 0 Å². The van der Waals surface area contributed by atoms with E-state index < -0.39 is 5.97 Å². The molecule has 3 nitrogen and oxygen atoms in total. The first-order chi connectivity index (χ1) is 11.2. The lowest BCUT2D eigenvalue weighted by atomic mass is 9.80. The molecule has 1 N–H and O–H groups in total. The molecule has 118 valence electrons. The quantitative estimate of drug-likeness (QED) is 0.714. The summed E-state index contributed by atoms with van der Waals surface area (Å²) in [6.45, 7) is 0. The van der Waals surface area contributed by atoms with E-state index in [1.807, 2.05) is 36.4 Å². The number of rotatable bonds is 2. The molecule has 2 aromatic rings. The lowest BCUT2D eigenvalue weighted by molar-refractivity contribution is 0.0693. The Hall–Kier alpha value is -2.29. The van der Waals surface area contributed by atoms with Crippen LogP contribution >= 0.6 is 0 Å². The maximum atomic E-state index is 12.0. The van der Waals surface area contributed by atoms with Crippen molar-refractivity contribution in [1.82, 2.24) is 0 Å². The van der Waals surface area contributed by atoms with E-state index in [2.05, 4.69) is 0 Å². The third kappa shape index (κ3) is 2.50. The first-order valence-corrected chi connectivity index (χ1v) is 8.39. The van der Waals surface area contributed by atoms with Gasteiger partial charge in [-0.3, -0.25) is 0 Å². The Morgan fingerprint density at radius 2 is 1.78 bits per heavy atom. The number of fused-ring (bicyclic) bond motifs is 2. The van der Waals surface area contributed by atoms with Crippen LogP contribution in [0.25, 0.3) is 0 Å². The van der Waals surface area contributed by atoms with Crippen LogP contribution in [0.3, 0.4) is 0 Å². The van der Waals surface area contributed by atoms with Gasteiger partial charge in [-0.15, -0.1) is 0 Å². The molecule has 4 rings (SSSR count). The molecule has 23 heavy (non-hydrogen) atoms. The van der Waals surface area contributed by atoms with Crippen molar-refractivity contribution in [2.75, 3.05) is 0 Å². The number of benzene rings is 2. The second kappa shape index (κ2) is 5.73. The molecule has 1 aliphatic heterocycles. The van der Waals surface area contributed by atoms with Gasteiger partial charge in [0.1, 0.15) is 11.5 Å². The van der Waals surface area contributed by atoms with Gasteiger partial charge < -0.3 is 9.84 Å². The maximum Gasteiger partial charge on any atom is 0.336 e. The zero-order valence-corrected chi connectivity index (χ0v) is 13.0. The molecule has 0 bridgehead atoms. The Labute approximate surface area is 135 Å². The second-order valence-electron chi connectivity index (χ2n) is 6.53. The highest BCUT2D eigenvalue weighted by molar-refractivity contribution is 5.93. The van der Waals surface area contributed by atoms with Crippen molar-refractivity contribution < 1.29 is 14.6 Å². The van der Waals surface area contributed by atoms with Crippen LogP contribution in [0.1, 0.15) is 65.1 Å². The summed E-state index contributed by atoms with van der Waals surface area (Å²) in [5.74, 6) is 1.07. The minimum Gasteiger partial charge on any atom is -0.478 e. The monoisotopic (exact) mass is 308 g/mol. The van der Waals surface area contributed by atoms with Crippen LogP contribution in [0.5, 0.6) is 11.5 Å². The molecule has 0 aromatic heterocycles. The molecule has 1 fully saturated rings. The van der Waals surface area contributed by atoms with Crippen LogP contribution in [0, 0.1) is 0 Å². The molecular weight excluding hydrogens is 288 g/mol. The summed E-state index contributed by atoms with van der Waals surface area (Å²) >= 11 is 0. The van der Waals surface area contributed by atoms with Crippen molar-refractivity contribution in [2.45, 2.75) is 44.4 Å². The summed E-state index contributed by atoms with van der Waals surface area (Å²) in [6, 6.07) is 11.8. The van der Waals surface area contributed by atoms with E-state index in [-0.39, 0.29) is 0 Å². The maximum absolute atomic E-state index is 12.0.